The zero-order chi connectivity index (χ0) is 20.1. The molecule has 0 bridgehead atoms. The van der Waals surface area contributed by atoms with E-state index in [2.05, 4.69) is 24.3 Å². The lowest BCUT2D eigenvalue weighted by Gasteiger charge is -2.22. The van der Waals surface area contributed by atoms with Gasteiger partial charge in [0.15, 0.2) is 11.6 Å². The van der Waals surface area contributed by atoms with Gasteiger partial charge in [0.2, 0.25) is 0 Å². The molecule has 1 atom stereocenters. The minimum atomic E-state index is 0.0131. The molecule has 0 N–H and O–H groups in total. The van der Waals surface area contributed by atoms with Crippen molar-refractivity contribution in [2.75, 3.05) is 20.8 Å². The molecule has 0 amide bonds. The number of benzene rings is 2. The molecular formula is C23H27N3O3. The zero-order valence-corrected chi connectivity index (χ0v) is 17.0. The van der Waals surface area contributed by atoms with Crippen molar-refractivity contribution in [2.24, 2.45) is 0 Å². The molecule has 2 heterocycles. The van der Waals surface area contributed by atoms with Gasteiger partial charge in [0.25, 0.3) is 0 Å². The lowest BCUT2D eigenvalue weighted by molar-refractivity contribution is 0.00695. The Morgan fingerprint density at radius 1 is 0.931 bits per heavy atom. The van der Waals surface area contributed by atoms with Gasteiger partial charge in [-0.15, -0.1) is 0 Å². The first kappa shape index (κ1) is 19.5. The Balaban J connectivity index is 1.58. The first-order valence-corrected chi connectivity index (χ1v) is 10.1. The third-order valence-corrected chi connectivity index (χ3v) is 5.22. The molecule has 1 aliphatic rings. The smallest absolute Gasteiger partial charge is 0.156 e. The molecule has 3 aromatic rings. The van der Waals surface area contributed by atoms with Crippen LogP contribution < -0.4 is 9.47 Å². The van der Waals surface area contributed by atoms with Crippen molar-refractivity contribution in [2.45, 2.75) is 38.3 Å². The van der Waals surface area contributed by atoms with E-state index in [1.54, 1.807) is 14.2 Å². The van der Waals surface area contributed by atoms with Crippen LogP contribution in [-0.2, 0) is 17.7 Å². The highest BCUT2D eigenvalue weighted by Gasteiger charge is 2.23. The van der Waals surface area contributed by atoms with E-state index in [1.165, 1.54) is 0 Å². The van der Waals surface area contributed by atoms with E-state index in [0.29, 0.717) is 13.0 Å². The summed E-state index contributed by atoms with van der Waals surface area (Å²) in [5.74, 6) is 3.43. The molecule has 0 radical (unpaired) electrons. The predicted molar refractivity (Wildman–Crippen MR) is 110 cm³/mol. The zero-order valence-electron chi connectivity index (χ0n) is 17.0. The highest BCUT2D eigenvalue weighted by Crippen LogP contribution is 2.27. The van der Waals surface area contributed by atoms with Gasteiger partial charge >= 0.3 is 0 Å². The van der Waals surface area contributed by atoms with E-state index < -0.39 is 0 Å². The van der Waals surface area contributed by atoms with Gasteiger partial charge < -0.3 is 14.2 Å². The van der Waals surface area contributed by atoms with Gasteiger partial charge in [0.1, 0.15) is 17.6 Å². The highest BCUT2D eigenvalue weighted by atomic mass is 16.5. The van der Waals surface area contributed by atoms with Gasteiger partial charge in [-0.05, 0) is 54.7 Å². The first-order valence-electron chi connectivity index (χ1n) is 10.1. The van der Waals surface area contributed by atoms with E-state index in [0.717, 1.165) is 60.1 Å². The second-order valence-corrected chi connectivity index (χ2v) is 7.27. The molecule has 1 saturated heterocycles. The number of ether oxygens (including phenoxy) is 3. The van der Waals surface area contributed by atoms with Crippen LogP contribution in [0.3, 0.4) is 0 Å². The Kier molecular flexibility index (Phi) is 6.10. The van der Waals surface area contributed by atoms with Crippen LogP contribution in [0, 0.1) is 0 Å². The Labute approximate surface area is 171 Å². The normalized spacial score (nSPS) is 16.6. The molecule has 29 heavy (non-hydrogen) atoms. The Morgan fingerprint density at radius 2 is 1.59 bits per heavy atom. The van der Waals surface area contributed by atoms with Gasteiger partial charge in [-0.2, -0.15) is 5.10 Å². The second-order valence-electron chi connectivity index (χ2n) is 7.27. The summed E-state index contributed by atoms with van der Waals surface area (Å²) in [5, 5.41) is 4.82. The molecule has 1 unspecified atom stereocenters. The topological polar surface area (TPSA) is 58.4 Å². The minimum Gasteiger partial charge on any atom is -0.497 e. The van der Waals surface area contributed by atoms with Crippen LogP contribution in [0.25, 0.3) is 0 Å². The molecule has 1 aliphatic heterocycles. The van der Waals surface area contributed by atoms with E-state index in [1.807, 2.05) is 28.9 Å². The van der Waals surface area contributed by atoms with Gasteiger partial charge in [-0.3, -0.25) is 0 Å². The summed E-state index contributed by atoms with van der Waals surface area (Å²) in [6.45, 7) is 1.45. The Hall–Kier alpha value is -2.86. The highest BCUT2D eigenvalue weighted by molar-refractivity contribution is 5.29. The summed E-state index contributed by atoms with van der Waals surface area (Å²) in [7, 11) is 3.35. The molecule has 6 nitrogen and oxygen atoms in total. The van der Waals surface area contributed by atoms with Crippen LogP contribution in [0.15, 0.2) is 48.5 Å². The average molecular weight is 393 g/mol. The fraction of sp³-hybridized carbons (Fsp3) is 0.391. The molecular weight excluding hydrogens is 366 g/mol. The molecule has 0 spiro atoms. The number of hydrogen-bond acceptors (Lipinski definition) is 5. The van der Waals surface area contributed by atoms with Crippen molar-refractivity contribution in [1.82, 2.24) is 14.8 Å². The fourth-order valence-corrected chi connectivity index (χ4v) is 3.61. The van der Waals surface area contributed by atoms with Crippen LogP contribution in [0.5, 0.6) is 11.5 Å². The second kappa shape index (κ2) is 9.09. The quantitative estimate of drug-likeness (QED) is 0.603. The van der Waals surface area contributed by atoms with E-state index in [9.17, 15) is 0 Å². The van der Waals surface area contributed by atoms with Crippen molar-refractivity contribution in [1.29, 1.82) is 0 Å². The lowest BCUT2D eigenvalue weighted by Crippen LogP contribution is -2.17. The van der Waals surface area contributed by atoms with Crippen molar-refractivity contribution < 1.29 is 14.2 Å². The predicted octanol–water partition coefficient (Wildman–Crippen LogP) is 4.18. The van der Waals surface area contributed by atoms with Crippen LogP contribution in [0.2, 0.25) is 0 Å². The number of methoxy groups -OCH3 is 2. The standard InChI is InChI=1S/C23H27N3O3/c1-27-19-10-6-17(7-11-19)15-22-24-23(21-5-3-4-14-29-21)26(25-22)16-18-8-12-20(28-2)13-9-18/h6-13,21H,3-5,14-16H2,1-2H3. The maximum atomic E-state index is 6.01. The molecule has 1 aromatic heterocycles. The fourth-order valence-electron chi connectivity index (χ4n) is 3.61. The first-order chi connectivity index (χ1) is 14.2. The molecule has 0 aliphatic carbocycles. The monoisotopic (exact) mass is 393 g/mol. The molecule has 0 saturated carbocycles. The summed E-state index contributed by atoms with van der Waals surface area (Å²) in [4.78, 5) is 4.87. The lowest BCUT2D eigenvalue weighted by atomic mass is 10.1. The van der Waals surface area contributed by atoms with Gasteiger partial charge in [-0.1, -0.05) is 24.3 Å². The van der Waals surface area contributed by atoms with Crippen molar-refractivity contribution >= 4 is 0 Å². The summed E-state index contributed by atoms with van der Waals surface area (Å²) < 4.78 is 18.5. The van der Waals surface area contributed by atoms with Crippen LogP contribution >= 0.6 is 0 Å². The SMILES string of the molecule is COc1ccc(Cc2nc(C3CCCCO3)n(Cc3ccc(OC)cc3)n2)cc1. The van der Waals surface area contributed by atoms with Crippen molar-refractivity contribution in [3.8, 4) is 11.5 Å². The molecule has 152 valence electrons. The van der Waals surface area contributed by atoms with E-state index in [-0.39, 0.29) is 6.10 Å². The van der Waals surface area contributed by atoms with E-state index in [4.69, 9.17) is 24.3 Å². The third-order valence-electron chi connectivity index (χ3n) is 5.22. The largest absolute Gasteiger partial charge is 0.497 e. The average Bonchev–Trinajstić information content (AvgIpc) is 3.17. The number of nitrogens with zero attached hydrogens (tertiary/aromatic N) is 3. The van der Waals surface area contributed by atoms with Crippen molar-refractivity contribution in [3.05, 3.63) is 71.3 Å². The van der Waals surface area contributed by atoms with Crippen LogP contribution in [-0.4, -0.2) is 35.6 Å². The van der Waals surface area contributed by atoms with Gasteiger partial charge in [-0.25, -0.2) is 9.67 Å². The number of rotatable bonds is 7. The van der Waals surface area contributed by atoms with Gasteiger partial charge in [0.05, 0.1) is 20.8 Å². The minimum absolute atomic E-state index is 0.0131. The maximum Gasteiger partial charge on any atom is 0.156 e. The number of aromatic nitrogens is 3. The molecule has 1 fully saturated rings. The third kappa shape index (κ3) is 4.77. The number of hydrogen-bond donors (Lipinski definition) is 0. The summed E-state index contributed by atoms with van der Waals surface area (Å²) in [6, 6.07) is 16.1. The summed E-state index contributed by atoms with van der Waals surface area (Å²) in [6.07, 6.45) is 3.96. The Morgan fingerprint density at radius 3 is 2.17 bits per heavy atom. The van der Waals surface area contributed by atoms with Gasteiger partial charge in [0, 0.05) is 13.0 Å². The summed E-state index contributed by atoms with van der Waals surface area (Å²) >= 11 is 0. The van der Waals surface area contributed by atoms with Crippen LogP contribution in [0.4, 0.5) is 0 Å². The summed E-state index contributed by atoms with van der Waals surface area (Å²) in [5.41, 5.74) is 2.31. The molecule has 4 rings (SSSR count). The van der Waals surface area contributed by atoms with Crippen molar-refractivity contribution in [3.63, 3.8) is 0 Å². The van der Waals surface area contributed by atoms with Crippen LogP contribution in [0.1, 0.15) is 48.1 Å². The van der Waals surface area contributed by atoms with E-state index >= 15 is 0 Å². The molecule has 2 aromatic carbocycles. The maximum absolute atomic E-state index is 6.01. The Bertz CT molecular complexity index is 914. The molecule has 6 heteroatoms.